The van der Waals surface area contributed by atoms with Crippen LogP contribution in [0.4, 0.5) is 0 Å². The SMILES string of the molecule is CCOCCC(=O)N1CC2CN(C(=O)C3CCCC3)CC2(CN(C)C)C1. The molecule has 0 N–H and O–H groups in total. The van der Waals surface area contributed by atoms with Crippen molar-refractivity contribution < 1.29 is 14.3 Å². The molecular formula is C20H35N3O3. The van der Waals surface area contributed by atoms with Crippen LogP contribution in [0, 0.1) is 17.3 Å². The number of nitrogens with zero attached hydrogens (tertiary/aromatic N) is 3. The van der Waals surface area contributed by atoms with Gasteiger partial charge in [0.25, 0.3) is 0 Å². The topological polar surface area (TPSA) is 53.1 Å². The minimum Gasteiger partial charge on any atom is -0.381 e. The third kappa shape index (κ3) is 4.06. The van der Waals surface area contributed by atoms with Crippen LogP contribution in [-0.2, 0) is 14.3 Å². The van der Waals surface area contributed by atoms with E-state index in [0.29, 0.717) is 31.5 Å². The number of rotatable bonds is 7. The Kier molecular flexibility index (Phi) is 6.23. The van der Waals surface area contributed by atoms with Gasteiger partial charge < -0.3 is 19.4 Å². The molecule has 2 heterocycles. The molecule has 0 bridgehead atoms. The molecule has 0 spiro atoms. The van der Waals surface area contributed by atoms with E-state index in [1.54, 1.807) is 0 Å². The minimum atomic E-state index is 0.0268. The highest BCUT2D eigenvalue weighted by atomic mass is 16.5. The summed E-state index contributed by atoms with van der Waals surface area (Å²) >= 11 is 0. The third-order valence-electron chi connectivity index (χ3n) is 6.42. The highest BCUT2D eigenvalue weighted by Crippen LogP contribution is 2.44. The number of carbonyl (C=O) groups is 2. The van der Waals surface area contributed by atoms with Crippen molar-refractivity contribution in [2.45, 2.75) is 39.0 Å². The Morgan fingerprint density at radius 3 is 2.42 bits per heavy atom. The number of fused-ring (bicyclic) bond motifs is 1. The van der Waals surface area contributed by atoms with Crippen LogP contribution < -0.4 is 0 Å². The van der Waals surface area contributed by atoms with Crippen LogP contribution in [0.1, 0.15) is 39.0 Å². The maximum Gasteiger partial charge on any atom is 0.225 e. The van der Waals surface area contributed by atoms with Gasteiger partial charge in [0.1, 0.15) is 0 Å². The standard InChI is InChI=1S/C20H35N3O3/c1-4-26-10-9-18(24)22-11-17-12-23(19(25)16-7-5-6-8-16)15-20(17,14-22)13-21(2)3/h16-17H,4-15H2,1-3H3. The van der Waals surface area contributed by atoms with Gasteiger partial charge in [-0.3, -0.25) is 9.59 Å². The Hall–Kier alpha value is -1.14. The van der Waals surface area contributed by atoms with Crippen molar-refractivity contribution in [3.8, 4) is 0 Å². The van der Waals surface area contributed by atoms with Crippen molar-refractivity contribution >= 4 is 11.8 Å². The number of hydrogen-bond donors (Lipinski definition) is 0. The normalized spacial score (nSPS) is 29.0. The van der Waals surface area contributed by atoms with Gasteiger partial charge in [0.15, 0.2) is 0 Å². The molecule has 6 heteroatoms. The Morgan fingerprint density at radius 2 is 1.77 bits per heavy atom. The molecule has 148 valence electrons. The lowest BCUT2D eigenvalue weighted by molar-refractivity contribution is -0.135. The van der Waals surface area contributed by atoms with E-state index in [0.717, 1.165) is 45.6 Å². The maximum absolute atomic E-state index is 12.9. The predicted molar refractivity (Wildman–Crippen MR) is 101 cm³/mol. The molecule has 3 aliphatic rings. The fourth-order valence-corrected chi connectivity index (χ4v) is 5.28. The predicted octanol–water partition coefficient (Wildman–Crippen LogP) is 1.45. The fourth-order valence-electron chi connectivity index (χ4n) is 5.28. The zero-order valence-electron chi connectivity index (χ0n) is 16.7. The summed E-state index contributed by atoms with van der Waals surface area (Å²) in [6.07, 6.45) is 4.96. The van der Waals surface area contributed by atoms with Crippen LogP contribution >= 0.6 is 0 Å². The Labute approximate surface area is 157 Å². The summed E-state index contributed by atoms with van der Waals surface area (Å²) in [6, 6.07) is 0. The number of hydrogen-bond acceptors (Lipinski definition) is 4. The molecule has 0 aromatic carbocycles. The van der Waals surface area contributed by atoms with Gasteiger partial charge in [-0.2, -0.15) is 0 Å². The summed E-state index contributed by atoms with van der Waals surface area (Å²) < 4.78 is 5.34. The van der Waals surface area contributed by atoms with Crippen LogP contribution in [0.25, 0.3) is 0 Å². The second-order valence-electron chi connectivity index (χ2n) is 8.72. The van der Waals surface area contributed by atoms with E-state index in [2.05, 4.69) is 23.9 Å². The van der Waals surface area contributed by atoms with Crippen molar-refractivity contribution in [2.75, 3.05) is 60.0 Å². The summed E-state index contributed by atoms with van der Waals surface area (Å²) in [5.41, 5.74) is 0.0268. The number of amides is 2. The van der Waals surface area contributed by atoms with E-state index < -0.39 is 0 Å². The summed E-state index contributed by atoms with van der Waals surface area (Å²) in [7, 11) is 4.18. The Balaban J connectivity index is 1.64. The van der Waals surface area contributed by atoms with E-state index >= 15 is 0 Å². The van der Waals surface area contributed by atoms with E-state index in [1.807, 2.05) is 11.8 Å². The van der Waals surface area contributed by atoms with Gasteiger partial charge in [0, 0.05) is 56.6 Å². The first kappa shape index (κ1) is 19.6. The van der Waals surface area contributed by atoms with Gasteiger partial charge in [-0.15, -0.1) is 0 Å². The number of likely N-dealkylation sites (tertiary alicyclic amines) is 2. The molecular weight excluding hydrogens is 330 g/mol. The fraction of sp³-hybridized carbons (Fsp3) is 0.900. The summed E-state index contributed by atoms with van der Waals surface area (Å²) in [6.45, 7) is 7.22. The third-order valence-corrected chi connectivity index (χ3v) is 6.42. The molecule has 0 radical (unpaired) electrons. The average Bonchev–Trinajstić information content (AvgIpc) is 3.27. The van der Waals surface area contributed by atoms with Crippen molar-refractivity contribution in [1.29, 1.82) is 0 Å². The molecule has 3 rings (SSSR count). The quantitative estimate of drug-likeness (QED) is 0.641. The maximum atomic E-state index is 12.9. The Bertz CT molecular complexity index is 518. The zero-order valence-corrected chi connectivity index (χ0v) is 16.7. The van der Waals surface area contributed by atoms with Crippen molar-refractivity contribution in [2.24, 2.45) is 17.3 Å². The molecule has 26 heavy (non-hydrogen) atoms. The lowest BCUT2D eigenvalue weighted by Crippen LogP contribution is -2.44. The molecule has 1 aliphatic carbocycles. The van der Waals surface area contributed by atoms with Gasteiger partial charge in [-0.05, 0) is 33.9 Å². The van der Waals surface area contributed by atoms with Crippen LogP contribution in [0.15, 0.2) is 0 Å². The lowest BCUT2D eigenvalue weighted by Gasteiger charge is -2.32. The van der Waals surface area contributed by atoms with Gasteiger partial charge in [-0.1, -0.05) is 12.8 Å². The second kappa shape index (κ2) is 8.26. The highest BCUT2D eigenvalue weighted by Gasteiger charge is 2.54. The van der Waals surface area contributed by atoms with E-state index in [4.69, 9.17) is 4.74 Å². The molecule has 1 saturated carbocycles. The van der Waals surface area contributed by atoms with Crippen LogP contribution in [0.5, 0.6) is 0 Å². The molecule has 3 fully saturated rings. The second-order valence-corrected chi connectivity index (χ2v) is 8.72. The molecule has 0 aromatic heterocycles. The minimum absolute atomic E-state index is 0.0268. The smallest absolute Gasteiger partial charge is 0.225 e. The molecule has 2 unspecified atom stereocenters. The molecule has 2 amide bonds. The molecule has 2 atom stereocenters. The first-order chi connectivity index (χ1) is 12.4. The van der Waals surface area contributed by atoms with E-state index in [-0.39, 0.29) is 17.2 Å². The molecule has 2 saturated heterocycles. The summed E-state index contributed by atoms with van der Waals surface area (Å²) in [5, 5.41) is 0. The van der Waals surface area contributed by atoms with Gasteiger partial charge in [0.2, 0.25) is 11.8 Å². The monoisotopic (exact) mass is 365 g/mol. The summed E-state index contributed by atoms with van der Waals surface area (Å²) in [4.78, 5) is 31.8. The van der Waals surface area contributed by atoms with E-state index in [1.165, 1.54) is 12.8 Å². The Morgan fingerprint density at radius 1 is 1.12 bits per heavy atom. The number of carbonyl (C=O) groups excluding carboxylic acids is 2. The van der Waals surface area contributed by atoms with Crippen molar-refractivity contribution in [3.05, 3.63) is 0 Å². The van der Waals surface area contributed by atoms with Crippen LogP contribution in [0.2, 0.25) is 0 Å². The van der Waals surface area contributed by atoms with Gasteiger partial charge >= 0.3 is 0 Å². The molecule has 2 aliphatic heterocycles. The van der Waals surface area contributed by atoms with Gasteiger partial charge in [0.05, 0.1) is 13.0 Å². The van der Waals surface area contributed by atoms with E-state index in [9.17, 15) is 9.59 Å². The highest BCUT2D eigenvalue weighted by molar-refractivity contribution is 5.80. The largest absolute Gasteiger partial charge is 0.381 e. The number of ether oxygens (including phenoxy) is 1. The van der Waals surface area contributed by atoms with Crippen molar-refractivity contribution in [3.63, 3.8) is 0 Å². The van der Waals surface area contributed by atoms with Crippen LogP contribution in [0.3, 0.4) is 0 Å². The zero-order chi connectivity index (χ0) is 18.7. The van der Waals surface area contributed by atoms with Crippen molar-refractivity contribution in [1.82, 2.24) is 14.7 Å². The van der Waals surface area contributed by atoms with Gasteiger partial charge in [-0.25, -0.2) is 0 Å². The summed E-state index contributed by atoms with van der Waals surface area (Å²) in [5.74, 6) is 1.20. The molecule has 0 aromatic rings. The lowest BCUT2D eigenvalue weighted by atomic mass is 9.80. The van der Waals surface area contributed by atoms with Crippen LogP contribution in [-0.4, -0.2) is 86.5 Å². The average molecular weight is 366 g/mol. The first-order valence-electron chi connectivity index (χ1n) is 10.2. The molecule has 6 nitrogen and oxygen atoms in total. The first-order valence-corrected chi connectivity index (χ1v) is 10.2.